The van der Waals surface area contributed by atoms with E-state index in [2.05, 4.69) is 27.7 Å². The van der Waals surface area contributed by atoms with E-state index in [-0.39, 0.29) is 0 Å². The summed E-state index contributed by atoms with van der Waals surface area (Å²) in [4.78, 5) is 4.12. The highest BCUT2D eigenvalue weighted by Crippen LogP contribution is 2.26. The number of likely N-dealkylation sites (tertiary alicyclic amines) is 1. The second kappa shape index (κ2) is 4.24. The molecule has 0 radical (unpaired) electrons. The molecule has 1 N–H and O–H groups in total. The summed E-state index contributed by atoms with van der Waals surface area (Å²) in [5, 5.41) is 5.83. The smallest absolute Gasteiger partial charge is 0.0328 e. The number of thiophene rings is 1. The van der Waals surface area contributed by atoms with Crippen LogP contribution in [0.5, 0.6) is 0 Å². The second-order valence-corrected chi connectivity index (χ2v) is 5.77. The molecular weight excluding hydrogens is 204 g/mol. The van der Waals surface area contributed by atoms with Crippen molar-refractivity contribution < 1.29 is 0 Å². The van der Waals surface area contributed by atoms with Crippen molar-refractivity contribution in [3.63, 3.8) is 0 Å². The summed E-state index contributed by atoms with van der Waals surface area (Å²) in [7, 11) is 0. The minimum absolute atomic E-state index is 0.777. The van der Waals surface area contributed by atoms with Crippen molar-refractivity contribution in [2.24, 2.45) is 5.92 Å². The lowest BCUT2D eigenvalue weighted by atomic mass is 9.94. The monoisotopic (exact) mass is 222 g/mol. The normalized spacial score (nSPS) is 31.7. The van der Waals surface area contributed by atoms with Crippen LogP contribution in [0.1, 0.15) is 17.7 Å². The first kappa shape index (κ1) is 9.82. The molecule has 82 valence electrons. The number of hydrogen-bond acceptors (Lipinski definition) is 3. The summed E-state index contributed by atoms with van der Waals surface area (Å²) < 4.78 is 0. The van der Waals surface area contributed by atoms with Gasteiger partial charge in [0, 0.05) is 30.6 Å². The fourth-order valence-electron chi connectivity index (χ4n) is 2.89. The Morgan fingerprint density at radius 1 is 1.47 bits per heavy atom. The summed E-state index contributed by atoms with van der Waals surface area (Å²) in [6, 6.07) is 5.18. The lowest BCUT2D eigenvalue weighted by Gasteiger charge is -2.24. The molecule has 2 aliphatic heterocycles. The molecule has 2 saturated heterocycles. The largest absolute Gasteiger partial charge is 0.312 e. The predicted octanol–water partition coefficient (Wildman–Crippen LogP) is 1.93. The van der Waals surface area contributed by atoms with Crippen molar-refractivity contribution in [1.29, 1.82) is 0 Å². The van der Waals surface area contributed by atoms with Crippen molar-refractivity contribution in [2.75, 3.05) is 19.6 Å². The molecule has 0 bridgehead atoms. The maximum absolute atomic E-state index is 3.65. The van der Waals surface area contributed by atoms with Gasteiger partial charge >= 0.3 is 0 Å². The fourth-order valence-corrected chi connectivity index (χ4v) is 3.63. The van der Waals surface area contributed by atoms with Gasteiger partial charge in [-0.2, -0.15) is 0 Å². The molecule has 0 amide bonds. The Morgan fingerprint density at radius 2 is 2.47 bits per heavy atom. The van der Waals surface area contributed by atoms with E-state index in [0.29, 0.717) is 0 Å². The average molecular weight is 222 g/mol. The SMILES string of the molecule is c1csc(CN2CC3CCCNC3C2)c1. The quantitative estimate of drug-likeness (QED) is 0.822. The van der Waals surface area contributed by atoms with Crippen LogP contribution >= 0.6 is 11.3 Å². The molecule has 15 heavy (non-hydrogen) atoms. The van der Waals surface area contributed by atoms with E-state index in [1.807, 2.05) is 11.3 Å². The maximum atomic E-state index is 3.65. The van der Waals surface area contributed by atoms with E-state index in [1.165, 1.54) is 37.4 Å². The topological polar surface area (TPSA) is 15.3 Å². The van der Waals surface area contributed by atoms with Crippen LogP contribution in [0.15, 0.2) is 17.5 Å². The van der Waals surface area contributed by atoms with Gasteiger partial charge < -0.3 is 5.32 Å². The van der Waals surface area contributed by atoms with Crippen molar-refractivity contribution in [2.45, 2.75) is 25.4 Å². The van der Waals surface area contributed by atoms with Crippen molar-refractivity contribution in [1.82, 2.24) is 10.2 Å². The van der Waals surface area contributed by atoms with Crippen LogP contribution in [0.25, 0.3) is 0 Å². The third-order valence-electron chi connectivity index (χ3n) is 3.63. The Kier molecular flexibility index (Phi) is 2.77. The predicted molar refractivity (Wildman–Crippen MR) is 64.1 cm³/mol. The molecule has 1 aromatic rings. The molecule has 0 saturated carbocycles. The van der Waals surface area contributed by atoms with Crippen LogP contribution in [0.3, 0.4) is 0 Å². The molecule has 3 rings (SSSR count). The Morgan fingerprint density at radius 3 is 3.27 bits per heavy atom. The summed E-state index contributed by atoms with van der Waals surface area (Å²) in [6.45, 7) is 4.94. The minimum atomic E-state index is 0.777. The van der Waals surface area contributed by atoms with E-state index < -0.39 is 0 Å². The minimum Gasteiger partial charge on any atom is -0.312 e. The van der Waals surface area contributed by atoms with Crippen LogP contribution in [-0.4, -0.2) is 30.6 Å². The molecule has 3 heteroatoms. The number of rotatable bonds is 2. The van der Waals surface area contributed by atoms with Crippen LogP contribution in [0.2, 0.25) is 0 Å². The van der Waals surface area contributed by atoms with Crippen molar-refractivity contribution in [3.05, 3.63) is 22.4 Å². The summed E-state index contributed by atoms with van der Waals surface area (Å²) in [6.07, 6.45) is 2.80. The molecule has 0 aliphatic carbocycles. The first-order valence-corrected chi connectivity index (χ1v) is 6.78. The molecule has 2 fully saturated rings. The lowest BCUT2D eigenvalue weighted by molar-refractivity contribution is 0.315. The molecule has 0 aromatic carbocycles. The van der Waals surface area contributed by atoms with Crippen LogP contribution in [0, 0.1) is 5.92 Å². The zero-order valence-electron chi connectivity index (χ0n) is 8.98. The van der Waals surface area contributed by atoms with Gasteiger partial charge in [0.15, 0.2) is 0 Å². The maximum Gasteiger partial charge on any atom is 0.0328 e. The third kappa shape index (κ3) is 2.10. The lowest BCUT2D eigenvalue weighted by Crippen LogP contribution is -2.40. The Labute approximate surface area is 95.3 Å². The number of hydrogen-bond donors (Lipinski definition) is 1. The van der Waals surface area contributed by atoms with Crippen LogP contribution < -0.4 is 5.32 Å². The molecular formula is C12H18N2S. The van der Waals surface area contributed by atoms with Crippen molar-refractivity contribution in [3.8, 4) is 0 Å². The van der Waals surface area contributed by atoms with Gasteiger partial charge in [0.1, 0.15) is 0 Å². The van der Waals surface area contributed by atoms with Gasteiger partial charge in [-0.25, -0.2) is 0 Å². The van der Waals surface area contributed by atoms with E-state index >= 15 is 0 Å². The zero-order chi connectivity index (χ0) is 10.1. The van der Waals surface area contributed by atoms with E-state index in [4.69, 9.17) is 0 Å². The highest BCUT2D eigenvalue weighted by atomic mass is 32.1. The number of nitrogens with one attached hydrogen (secondary N) is 1. The Balaban J connectivity index is 1.60. The highest BCUT2D eigenvalue weighted by molar-refractivity contribution is 7.09. The van der Waals surface area contributed by atoms with Gasteiger partial charge in [-0.1, -0.05) is 6.07 Å². The zero-order valence-corrected chi connectivity index (χ0v) is 9.80. The second-order valence-electron chi connectivity index (χ2n) is 4.74. The highest BCUT2D eigenvalue weighted by Gasteiger charge is 2.33. The van der Waals surface area contributed by atoms with E-state index in [9.17, 15) is 0 Å². The standard InChI is InChI=1S/C12H18N2S/c1-3-10-7-14(9-12(10)13-5-1)8-11-4-2-6-15-11/h2,4,6,10,12-13H,1,3,5,7-9H2. The van der Waals surface area contributed by atoms with E-state index in [1.54, 1.807) is 0 Å². The summed E-state index contributed by atoms with van der Waals surface area (Å²) in [5.41, 5.74) is 0. The summed E-state index contributed by atoms with van der Waals surface area (Å²) in [5.74, 6) is 0.915. The van der Waals surface area contributed by atoms with Gasteiger partial charge in [-0.3, -0.25) is 4.90 Å². The molecule has 2 atom stereocenters. The van der Waals surface area contributed by atoms with E-state index in [0.717, 1.165) is 18.5 Å². The molecule has 2 aliphatic rings. The average Bonchev–Trinajstić information content (AvgIpc) is 2.86. The van der Waals surface area contributed by atoms with Gasteiger partial charge in [0.05, 0.1) is 0 Å². The number of piperidine rings is 1. The molecule has 3 heterocycles. The van der Waals surface area contributed by atoms with Crippen molar-refractivity contribution >= 4 is 11.3 Å². The Hall–Kier alpha value is -0.380. The molecule has 0 spiro atoms. The first-order valence-electron chi connectivity index (χ1n) is 5.90. The fraction of sp³-hybridized carbons (Fsp3) is 0.667. The van der Waals surface area contributed by atoms with Gasteiger partial charge in [-0.05, 0) is 36.8 Å². The number of fused-ring (bicyclic) bond motifs is 1. The third-order valence-corrected chi connectivity index (χ3v) is 4.50. The molecule has 2 nitrogen and oxygen atoms in total. The molecule has 2 unspecified atom stereocenters. The first-order chi connectivity index (χ1) is 7.42. The number of nitrogens with zero attached hydrogens (tertiary/aromatic N) is 1. The van der Waals surface area contributed by atoms with Gasteiger partial charge in [0.2, 0.25) is 0 Å². The Bertz CT molecular complexity index is 295. The van der Waals surface area contributed by atoms with Gasteiger partial charge in [0.25, 0.3) is 0 Å². The van der Waals surface area contributed by atoms with Crippen LogP contribution in [-0.2, 0) is 6.54 Å². The molecule has 1 aromatic heterocycles. The van der Waals surface area contributed by atoms with Gasteiger partial charge in [-0.15, -0.1) is 11.3 Å². The summed E-state index contributed by atoms with van der Waals surface area (Å²) >= 11 is 1.88. The van der Waals surface area contributed by atoms with Crippen LogP contribution in [0.4, 0.5) is 0 Å².